The summed E-state index contributed by atoms with van der Waals surface area (Å²) in [5.41, 5.74) is 4.93. The number of carbonyl (C=O) groups excluding carboxylic acids is 1. The zero-order valence-corrected chi connectivity index (χ0v) is 15.7. The average Bonchev–Trinajstić information content (AvgIpc) is 2.93. The minimum absolute atomic E-state index is 0.0116. The number of carbonyl (C=O) groups is 1. The summed E-state index contributed by atoms with van der Waals surface area (Å²) in [7, 11) is 0. The van der Waals surface area contributed by atoms with Crippen LogP contribution in [0.4, 0.5) is 4.79 Å². The van der Waals surface area contributed by atoms with Crippen LogP contribution in [0, 0.1) is 0 Å². The highest BCUT2D eigenvalue weighted by Crippen LogP contribution is 2.44. The molecule has 1 N–H and O–H groups in total. The molecule has 3 nitrogen and oxygen atoms in total. The number of fused-ring (bicyclic) bond motifs is 3. The molecule has 2 aromatic carbocycles. The maximum Gasteiger partial charge on any atom is 0.407 e. The molecule has 1 aliphatic rings. The molecule has 124 valence electrons. The normalized spacial score (nSPS) is 14.2. The summed E-state index contributed by atoms with van der Waals surface area (Å²) in [6.45, 7) is 2.38. The molecule has 0 unspecified atom stereocenters. The Kier molecular flexibility index (Phi) is 5.56. The molecule has 0 spiro atoms. The molecule has 0 saturated carbocycles. The third-order valence-corrected chi connectivity index (χ3v) is 4.81. The summed E-state index contributed by atoms with van der Waals surface area (Å²) in [6, 6.07) is 16.7. The topological polar surface area (TPSA) is 38.3 Å². The fourth-order valence-corrected chi connectivity index (χ4v) is 3.67. The van der Waals surface area contributed by atoms with E-state index in [-0.39, 0.29) is 18.1 Å². The maximum absolute atomic E-state index is 12.1. The van der Waals surface area contributed by atoms with Gasteiger partial charge in [-0.15, -0.1) is 0 Å². The Labute approximate surface area is 156 Å². The first-order chi connectivity index (χ1) is 11.7. The van der Waals surface area contributed by atoms with Gasteiger partial charge < -0.3 is 10.1 Å². The predicted molar refractivity (Wildman–Crippen MR) is 105 cm³/mol. The van der Waals surface area contributed by atoms with Crippen LogP contribution in [-0.2, 0) is 4.74 Å². The van der Waals surface area contributed by atoms with Crippen LogP contribution in [0.3, 0.4) is 0 Å². The average molecular weight is 433 g/mol. The number of alkyl carbamates (subject to hydrolysis) is 1. The first-order valence-electron chi connectivity index (χ1n) is 8.13. The van der Waals surface area contributed by atoms with Crippen molar-refractivity contribution < 1.29 is 9.53 Å². The first kappa shape index (κ1) is 17.0. The van der Waals surface area contributed by atoms with Crippen molar-refractivity contribution in [2.75, 3.05) is 6.61 Å². The predicted octanol–water partition coefficient (Wildman–Crippen LogP) is 5.25. The molecule has 1 aliphatic carbocycles. The lowest BCUT2D eigenvalue weighted by molar-refractivity contribution is 0.140. The van der Waals surface area contributed by atoms with Crippen LogP contribution < -0.4 is 5.32 Å². The van der Waals surface area contributed by atoms with Gasteiger partial charge >= 0.3 is 6.09 Å². The van der Waals surface area contributed by atoms with Gasteiger partial charge in [-0.3, -0.25) is 0 Å². The molecule has 2 aromatic rings. The number of halogens is 1. The Morgan fingerprint density at radius 3 is 2.29 bits per heavy atom. The van der Waals surface area contributed by atoms with E-state index in [4.69, 9.17) is 4.74 Å². The van der Waals surface area contributed by atoms with E-state index < -0.39 is 0 Å². The lowest BCUT2D eigenvalue weighted by atomic mass is 9.98. The summed E-state index contributed by atoms with van der Waals surface area (Å²) in [5.74, 6) is 0.100. The van der Waals surface area contributed by atoms with Gasteiger partial charge in [0.25, 0.3) is 0 Å². The summed E-state index contributed by atoms with van der Waals surface area (Å²) in [5, 5.41) is 2.89. The molecular formula is C20H20INO2. The number of nitrogens with one attached hydrogen (secondary N) is 1. The summed E-state index contributed by atoms with van der Waals surface area (Å²) >= 11 is 2.15. The second-order valence-electron chi connectivity index (χ2n) is 5.80. The number of rotatable bonds is 5. The Hall–Kier alpha value is -1.82. The van der Waals surface area contributed by atoms with E-state index in [2.05, 4.69) is 52.2 Å². The van der Waals surface area contributed by atoms with Gasteiger partial charge in [0.1, 0.15) is 6.61 Å². The van der Waals surface area contributed by atoms with Crippen molar-refractivity contribution in [3.63, 3.8) is 0 Å². The molecule has 1 atom stereocenters. The Balaban J connectivity index is 1.73. The van der Waals surface area contributed by atoms with Crippen molar-refractivity contribution in [3.05, 3.63) is 69.8 Å². The number of benzene rings is 2. The molecule has 0 heterocycles. The quantitative estimate of drug-likeness (QED) is 0.654. The van der Waals surface area contributed by atoms with Crippen molar-refractivity contribution in [3.8, 4) is 11.1 Å². The molecule has 0 aliphatic heterocycles. The zero-order valence-electron chi connectivity index (χ0n) is 13.5. The summed E-state index contributed by atoms with van der Waals surface area (Å²) < 4.78 is 7.44. The Morgan fingerprint density at radius 1 is 1.17 bits per heavy atom. The van der Waals surface area contributed by atoms with Crippen LogP contribution >= 0.6 is 22.6 Å². The number of hydrogen-bond acceptors (Lipinski definition) is 2. The summed E-state index contributed by atoms with van der Waals surface area (Å²) in [6.07, 6.45) is 2.43. The molecule has 3 rings (SSSR count). The molecule has 0 saturated heterocycles. The van der Waals surface area contributed by atoms with E-state index in [1.54, 1.807) is 0 Å². The molecule has 0 fully saturated rings. The van der Waals surface area contributed by atoms with Crippen molar-refractivity contribution in [2.24, 2.45) is 0 Å². The molecule has 0 bridgehead atoms. The first-order valence-corrected chi connectivity index (χ1v) is 9.37. The van der Waals surface area contributed by atoms with Gasteiger partial charge in [0.15, 0.2) is 0 Å². The Bertz CT molecular complexity index is 711. The van der Waals surface area contributed by atoms with E-state index in [1.165, 1.54) is 22.3 Å². The van der Waals surface area contributed by atoms with E-state index in [0.717, 1.165) is 6.42 Å². The molecule has 4 heteroatoms. The van der Waals surface area contributed by atoms with E-state index >= 15 is 0 Å². The lowest BCUT2D eigenvalue weighted by Gasteiger charge is -2.16. The molecule has 0 radical (unpaired) electrons. The van der Waals surface area contributed by atoms with Gasteiger partial charge in [0.05, 0.1) is 6.04 Å². The summed E-state index contributed by atoms with van der Waals surface area (Å²) in [4.78, 5) is 12.1. The fourth-order valence-electron chi connectivity index (χ4n) is 3.17. The third kappa shape index (κ3) is 3.48. The second kappa shape index (κ2) is 7.83. The van der Waals surface area contributed by atoms with Gasteiger partial charge in [-0.2, -0.15) is 0 Å². The van der Waals surface area contributed by atoms with Crippen LogP contribution in [0.5, 0.6) is 0 Å². The van der Waals surface area contributed by atoms with Gasteiger partial charge in [0, 0.05) is 5.92 Å². The van der Waals surface area contributed by atoms with Crippen LogP contribution in [-0.4, -0.2) is 18.7 Å². The van der Waals surface area contributed by atoms with E-state index in [0.29, 0.717) is 6.61 Å². The maximum atomic E-state index is 12.1. The van der Waals surface area contributed by atoms with E-state index in [9.17, 15) is 4.79 Å². The lowest BCUT2D eigenvalue weighted by Crippen LogP contribution is -2.34. The van der Waals surface area contributed by atoms with Crippen molar-refractivity contribution in [1.29, 1.82) is 0 Å². The smallest absolute Gasteiger partial charge is 0.407 e. The molecule has 1 amide bonds. The van der Waals surface area contributed by atoms with Crippen molar-refractivity contribution in [1.82, 2.24) is 5.32 Å². The fraction of sp³-hybridized carbons (Fsp3) is 0.250. The van der Waals surface area contributed by atoms with Crippen LogP contribution in [0.15, 0.2) is 58.7 Å². The molecule has 24 heavy (non-hydrogen) atoms. The zero-order chi connectivity index (χ0) is 16.9. The molecular weight excluding hydrogens is 413 g/mol. The van der Waals surface area contributed by atoms with Gasteiger partial charge in [-0.1, -0.05) is 84.1 Å². The standard InChI is InChI=1S/C20H20INO2/c1-2-14(11-12-21)22-20(23)24-13-19-17-9-5-3-7-15(17)16-8-4-6-10-18(16)19/h3-12,14,19H,2,13H2,1H3,(H,22,23)/t14-/m0/s1. The van der Waals surface area contributed by atoms with Gasteiger partial charge in [-0.05, 0) is 32.8 Å². The number of hydrogen-bond donors (Lipinski definition) is 1. The number of amides is 1. The van der Waals surface area contributed by atoms with Crippen LogP contribution in [0.25, 0.3) is 11.1 Å². The van der Waals surface area contributed by atoms with Crippen LogP contribution in [0.2, 0.25) is 0 Å². The van der Waals surface area contributed by atoms with Gasteiger partial charge in [0.2, 0.25) is 0 Å². The molecule has 0 aromatic heterocycles. The van der Waals surface area contributed by atoms with E-state index in [1.807, 2.05) is 41.3 Å². The monoisotopic (exact) mass is 433 g/mol. The van der Waals surface area contributed by atoms with Crippen molar-refractivity contribution >= 4 is 28.7 Å². The highest BCUT2D eigenvalue weighted by molar-refractivity contribution is 14.1. The highest BCUT2D eigenvalue weighted by atomic mass is 127. The number of ether oxygens (including phenoxy) is 1. The SMILES string of the molecule is CC[C@@H](C=CI)NC(=O)OCC1c2ccccc2-c2ccccc21. The third-order valence-electron chi connectivity index (χ3n) is 4.39. The minimum Gasteiger partial charge on any atom is -0.449 e. The highest BCUT2D eigenvalue weighted by Gasteiger charge is 2.29. The largest absolute Gasteiger partial charge is 0.449 e. The van der Waals surface area contributed by atoms with Gasteiger partial charge in [-0.25, -0.2) is 4.79 Å². The second-order valence-corrected chi connectivity index (χ2v) is 6.52. The van der Waals surface area contributed by atoms with Crippen molar-refractivity contribution in [2.45, 2.75) is 25.3 Å². The minimum atomic E-state index is -0.363. The Morgan fingerprint density at radius 2 is 1.75 bits per heavy atom. The van der Waals surface area contributed by atoms with Crippen LogP contribution in [0.1, 0.15) is 30.4 Å².